The smallest absolute Gasteiger partial charge is 0.257 e. The van der Waals surface area contributed by atoms with Gasteiger partial charge in [0.1, 0.15) is 18.6 Å². The summed E-state index contributed by atoms with van der Waals surface area (Å²) in [6.45, 7) is 1.21. The molecule has 0 fully saturated rings. The number of ether oxygens (including phenoxy) is 1. The van der Waals surface area contributed by atoms with E-state index in [9.17, 15) is 13.6 Å². The monoisotopic (exact) mass is 437 g/mol. The van der Waals surface area contributed by atoms with Crippen LogP contribution < -0.4 is 10.1 Å². The van der Waals surface area contributed by atoms with Crippen molar-refractivity contribution in [1.29, 1.82) is 0 Å². The lowest BCUT2D eigenvalue weighted by Gasteiger charge is -2.14. The van der Waals surface area contributed by atoms with Crippen LogP contribution in [0.1, 0.15) is 13.3 Å². The Bertz CT molecular complexity index is 1260. The minimum absolute atomic E-state index is 0.171. The maximum Gasteiger partial charge on any atom is 0.257 e. The second-order valence-corrected chi connectivity index (χ2v) is 7.04. The van der Waals surface area contributed by atoms with E-state index >= 15 is 0 Å². The standard InChI is InChI=1S/C23H21F2N5O2/c1-3-21(31)29-18-9-15-17(10-19(18)32-2)26-13-27-22(15)16-11-28-30(12-20(24)25)23(16)14-7-5-4-6-8-14/h4-11,13,20H,3,12H2,1-2H3,(H,29,31). The summed E-state index contributed by atoms with van der Waals surface area (Å²) in [4.78, 5) is 20.8. The van der Waals surface area contributed by atoms with E-state index in [0.717, 1.165) is 5.56 Å². The van der Waals surface area contributed by atoms with Crippen molar-refractivity contribution >= 4 is 22.5 Å². The van der Waals surface area contributed by atoms with Crippen molar-refractivity contribution in [2.45, 2.75) is 26.3 Å². The first kappa shape index (κ1) is 21.4. The molecule has 0 spiro atoms. The van der Waals surface area contributed by atoms with E-state index in [2.05, 4.69) is 20.4 Å². The molecule has 0 atom stereocenters. The normalized spacial score (nSPS) is 11.2. The first-order chi connectivity index (χ1) is 15.5. The largest absolute Gasteiger partial charge is 0.494 e. The van der Waals surface area contributed by atoms with Crippen LogP contribution in [-0.4, -0.2) is 39.2 Å². The zero-order valence-corrected chi connectivity index (χ0v) is 17.5. The Morgan fingerprint density at radius 1 is 1.19 bits per heavy atom. The van der Waals surface area contributed by atoms with Crippen LogP contribution >= 0.6 is 0 Å². The van der Waals surface area contributed by atoms with Crippen molar-refractivity contribution in [3.8, 4) is 28.3 Å². The minimum Gasteiger partial charge on any atom is -0.494 e. The van der Waals surface area contributed by atoms with Gasteiger partial charge in [0.2, 0.25) is 5.91 Å². The summed E-state index contributed by atoms with van der Waals surface area (Å²) < 4.78 is 33.2. The van der Waals surface area contributed by atoms with Crippen LogP contribution in [0.15, 0.2) is 55.0 Å². The third kappa shape index (κ3) is 4.14. The first-order valence-corrected chi connectivity index (χ1v) is 10.0. The van der Waals surface area contributed by atoms with Crippen LogP contribution in [0.3, 0.4) is 0 Å². The van der Waals surface area contributed by atoms with Crippen molar-refractivity contribution in [2.75, 3.05) is 12.4 Å². The molecular weight excluding hydrogens is 416 g/mol. The van der Waals surface area contributed by atoms with Gasteiger partial charge in [0.15, 0.2) is 0 Å². The lowest BCUT2D eigenvalue weighted by atomic mass is 10.0. The maximum atomic E-state index is 13.2. The number of halogens is 2. The van der Waals surface area contributed by atoms with Gasteiger partial charge in [-0.3, -0.25) is 9.48 Å². The second kappa shape index (κ2) is 9.09. The topological polar surface area (TPSA) is 81.9 Å². The van der Waals surface area contributed by atoms with E-state index in [-0.39, 0.29) is 5.91 Å². The fourth-order valence-electron chi connectivity index (χ4n) is 3.53. The van der Waals surface area contributed by atoms with Gasteiger partial charge in [0.05, 0.1) is 35.9 Å². The van der Waals surface area contributed by atoms with Crippen LogP contribution in [0.5, 0.6) is 5.75 Å². The molecule has 7 nitrogen and oxygen atoms in total. The number of hydrogen-bond donors (Lipinski definition) is 1. The molecule has 0 unspecified atom stereocenters. The summed E-state index contributed by atoms with van der Waals surface area (Å²) in [5, 5.41) is 7.67. The Balaban J connectivity index is 1.95. The summed E-state index contributed by atoms with van der Waals surface area (Å²) in [5.74, 6) is 0.288. The van der Waals surface area contributed by atoms with Crippen molar-refractivity contribution in [2.24, 2.45) is 0 Å². The van der Waals surface area contributed by atoms with Crippen LogP contribution in [0.4, 0.5) is 14.5 Å². The Morgan fingerprint density at radius 2 is 1.97 bits per heavy atom. The second-order valence-electron chi connectivity index (χ2n) is 7.04. The number of benzene rings is 2. The van der Waals surface area contributed by atoms with E-state index in [4.69, 9.17) is 4.74 Å². The number of nitrogens with zero attached hydrogens (tertiary/aromatic N) is 4. The van der Waals surface area contributed by atoms with E-state index in [1.54, 1.807) is 19.1 Å². The lowest BCUT2D eigenvalue weighted by Crippen LogP contribution is -2.10. The summed E-state index contributed by atoms with van der Waals surface area (Å²) in [5.41, 5.74) is 3.43. The Labute approximate surface area is 183 Å². The molecule has 0 bridgehead atoms. The number of rotatable bonds is 7. The third-order valence-electron chi connectivity index (χ3n) is 5.00. The average Bonchev–Trinajstić information content (AvgIpc) is 3.21. The SMILES string of the molecule is CCC(=O)Nc1cc2c(-c3cnn(CC(F)F)c3-c3ccccc3)ncnc2cc1OC. The molecule has 4 aromatic rings. The van der Waals surface area contributed by atoms with Gasteiger partial charge in [0.25, 0.3) is 6.43 Å². The average molecular weight is 437 g/mol. The van der Waals surface area contributed by atoms with Gasteiger partial charge in [-0.15, -0.1) is 0 Å². The zero-order valence-electron chi connectivity index (χ0n) is 17.5. The van der Waals surface area contributed by atoms with Crippen LogP contribution in [0, 0.1) is 0 Å². The Kier molecular flexibility index (Phi) is 6.07. The van der Waals surface area contributed by atoms with Crippen molar-refractivity contribution in [3.05, 3.63) is 55.0 Å². The molecule has 1 N–H and O–H groups in total. The van der Waals surface area contributed by atoms with E-state index < -0.39 is 13.0 Å². The highest BCUT2D eigenvalue weighted by Gasteiger charge is 2.21. The van der Waals surface area contributed by atoms with E-state index in [0.29, 0.717) is 45.7 Å². The molecule has 0 aliphatic heterocycles. The molecule has 0 aliphatic carbocycles. The zero-order chi connectivity index (χ0) is 22.7. The third-order valence-corrected chi connectivity index (χ3v) is 5.00. The molecule has 0 aliphatic rings. The van der Waals surface area contributed by atoms with Gasteiger partial charge in [-0.25, -0.2) is 18.7 Å². The number of alkyl halides is 2. The number of fused-ring (bicyclic) bond motifs is 1. The number of amides is 1. The highest BCUT2D eigenvalue weighted by molar-refractivity contribution is 6.01. The minimum atomic E-state index is -2.56. The summed E-state index contributed by atoms with van der Waals surface area (Å²) in [7, 11) is 1.51. The first-order valence-electron chi connectivity index (χ1n) is 10.0. The molecule has 4 rings (SSSR count). The summed E-state index contributed by atoms with van der Waals surface area (Å²) in [6.07, 6.45) is 0.673. The molecule has 2 aromatic carbocycles. The Morgan fingerprint density at radius 3 is 2.66 bits per heavy atom. The number of carbonyl (C=O) groups is 1. The molecule has 2 heterocycles. The molecule has 32 heavy (non-hydrogen) atoms. The van der Waals surface area contributed by atoms with Gasteiger partial charge in [-0.2, -0.15) is 5.10 Å². The molecule has 2 aromatic heterocycles. The molecule has 9 heteroatoms. The van der Waals surface area contributed by atoms with E-state index in [1.807, 2.05) is 30.3 Å². The number of nitrogens with one attached hydrogen (secondary N) is 1. The Hall–Kier alpha value is -3.88. The number of aromatic nitrogens is 4. The van der Waals surface area contributed by atoms with Crippen LogP contribution in [-0.2, 0) is 11.3 Å². The fourth-order valence-corrected chi connectivity index (χ4v) is 3.53. The molecule has 164 valence electrons. The molecule has 0 radical (unpaired) electrons. The predicted octanol–water partition coefficient (Wildman–Crippen LogP) is 4.78. The molecule has 1 amide bonds. The summed E-state index contributed by atoms with van der Waals surface area (Å²) in [6, 6.07) is 12.6. The maximum absolute atomic E-state index is 13.2. The van der Waals surface area contributed by atoms with Gasteiger partial charge >= 0.3 is 0 Å². The van der Waals surface area contributed by atoms with Gasteiger partial charge in [-0.1, -0.05) is 37.3 Å². The highest BCUT2D eigenvalue weighted by atomic mass is 19.3. The van der Waals surface area contributed by atoms with E-state index in [1.165, 1.54) is 24.3 Å². The molecular formula is C23H21F2N5O2. The van der Waals surface area contributed by atoms with Gasteiger partial charge in [-0.05, 0) is 6.07 Å². The van der Waals surface area contributed by atoms with Crippen molar-refractivity contribution < 1.29 is 18.3 Å². The lowest BCUT2D eigenvalue weighted by molar-refractivity contribution is -0.115. The molecule has 0 saturated heterocycles. The number of hydrogen-bond acceptors (Lipinski definition) is 5. The number of methoxy groups -OCH3 is 1. The quantitative estimate of drug-likeness (QED) is 0.450. The van der Waals surface area contributed by atoms with Crippen LogP contribution in [0.25, 0.3) is 33.4 Å². The van der Waals surface area contributed by atoms with Crippen molar-refractivity contribution in [3.63, 3.8) is 0 Å². The van der Waals surface area contributed by atoms with Crippen molar-refractivity contribution in [1.82, 2.24) is 19.7 Å². The van der Waals surface area contributed by atoms with Gasteiger partial charge < -0.3 is 10.1 Å². The van der Waals surface area contributed by atoms with Crippen LogP contribution in [0.2, 0.25) is 0 Å². The predicted molar refractivity (Wildman–Crippen MR) is 118 cm³/mol. The van der Waals surface area contributed by atoms with Gasteiger partial charge in [0, 0.05) is 29.0 Å². The fraction of sp³-hybridized carbons (Fsp3) is 0.217. The summed E-state index contributed by atoms with van der Waals surface area (Å²) >= 11 is 0. The number of carbonyl (C=O) groups excluding carboxylic acids is 1. The molecule has 0 saturated carbocycles. The highest BCUT2D eigenvalue weighted by Crippen LogP contribution is 2.38. The number of anilines is 1.